The van der Waals surface area contributed by atoms with Crippen LogP contribution in [0.4, 0.5) is 17.2 Å². The molecule has 0 aliphatic carbocycles. The second-order valence-corrected chi connectivity index (χ2v) is 8.93. The van der Waals surface area contributed by atoms with Crippen molar-refractivity contribution in [1.82, 2.24) is 19.9 Å². The van der Waals surface area contributed by atoms with Crippen molar-refractivity contribution >= 4 is 44.3 Å². The minimum absolute atomic E-state index is 0.305. The van der Waals surface area contributed by atoms with Crippen LogP contribution < -0.4 is 16.0 Å². The molecule has 0 unspecified atom stereocenters. The number of benzene rings is 1. The Morgan fingerprint density at radius 2 is 2.20 bits per heavy atom. The number of nitrogens with one attached hydrogen (secondary N) is 3. The van der Waals surface area contributed by atoms with Crippen molar-refractivity contribution in [2.45, 2.75) is 32.7 Å². The molecule has 4 heterocycles. The van der Waals surface area contributed by atoms with Gasteiger partial charge in [0.2, 0.25) is 0 Å². The molecule has 0 bridgehead atoms. The lowest BCUT2D eigenvalue weighted by atomic mass is 10.0. The predicted octanol–water partition coefficient (Wildman–Crippen LogP) is 4.34. The second-order valence-electron chi connectivity index (χ2n) is 7.69. The summed E-state index contributed by atoms with van der Waals surface area (Å²) in [5, 5.41) is 26.1. The molecule has 1 saturated heterocycles. The zero-order valence-corrected chi connectivity index (χ0v) is 17.8. The first kappa shape index (κ1) is 18.9. The smallest absolute Gasteiger partial charge is 0.137 e. The fourth-order valence-electron chi connectivity index (χ4n) is 4.14. The number of aromatic nitrogens is 3. The molecule has 1 fully saturated rings. The largest absolute Gasteiger partial charge is 0.380 e. The summed E-state index contributed by atoms with van der Waals surface area (Å²) in [6, 6.07) is 10.8. The third-order valence-corrected chi connectivity index (χ3v) is 6.54. The van der Waals surface area contributed by atoms with E-state index < -0.39 is 0 Å². The van der Waals surface area contributed by atoms with Crippen molar-refractivity contribution < 1.29 is 0 Å². The van der Waals surface area contributed by atoms with E-state index >= 15 is 0 Å². The summed E-state index contributed by atoms with van der Waals surface area (Å²) in [4.78, 5) is 4.54. The van der Waals surface area contributed by atoms with Crippen molar-refractivity contribution in [3.05, 3.63) is 46.6 Å². The molecular formula is C22H23N7S. The van der Waals surface area contributed by atoms with Crippen molar-refractivity contribution in [3.63, 3.8) is 0 Å². The number of piperidine rings is 1. The van der Waals surface area contributed by atoms with Gasteiger partial charge in [0.25, 0.3) is 0 Å². The van der Waals surface area contributed by atoms with E-state index in [9.17, 15) is 5.26 Å². The van der Waals surface area contributed by atoms with Gasteiger partial charge < -0.3 is 16.0 Å². The Balaban J connectivity index is 1.60. The maximum atomic E-state index is 9.92. The molecule has 5 rings (SSSR count). The van der Waals surface area contributed by atoms with Crippen molar-refractivity contribution in [2.75, 3.05) is 23.7 Å². The van der Waals surface area contributed by atoms with Gasteiger partial charge in [-0.25, -0.2) is 9.50 Å². The van der Waals surface area contributed by atoms with Crippen molar-refractivity contribution in [1.29, 1.82) is 5.26 Å². The first-order valence-electron chi connectivity index (χ1n) is 10.2. The molecule has 0 spiro atoms. The number of hydrogen-bond donors (Lipinski definition) is 3. The Morgan fingerprint density at radius 3 is 3.00 bits per heavy atom. The van der Waals surface area contributed by atoms with Crippen LogP contribution in [-0.4, -0.2) is 33.7 Å². The maximum absolute atomic E-state index is 9.92. The minimum Gasteiger partial charge on any atom is -0.380 e. The van der Waals surface area contributed by atoms with E-state index in [2.05, 4.69) is 38.2 Å². The minimum atomic E-state index is 0.305. The number of hydrogen-bond acceptors (Lipinski definition) is 7. The maximum Gasteiger partial charge on any atom is 0.137 e. The average molecular weight is 418 g/mol. The highest BCUT2D eigenvalue weighted by Gasteiger charge is 2.21. The summed E-state index contributed by atoms with van der Waals surface area (Å²) in [7, 11) is 0. The lowest BCUT2D eigenvalue weighted by Gasteiger charge is -2.27. The monoisotopic (exact) mass is 417 g/mol. The van der Waals surface area contributed by atoms with E-state index in [1.54, 1.807) is 17.5 Å². The van der Waals surface area contributed by atoms with E-state index in [1.807, 2.05) is 36.6 Å². The zero-order chi connectivity index (χ0) is 20.7. The molecule has 3 N–H and O–H groups in total. The van der Waals surface area contributed by atoms with Crippen LogP contribution in [0.3, 0.4) is 0 Å². The molecule has 30 heavy (non-hydrogen) atoms. The fourth-order valence-corrected chi connectivity index (χ4v) is 5.00. The molecule has 8 heteroatoms. The molecule has 0 radical (unpaired) electrons. The molecule has 0 saturated carbocycles. The Bertz CT molecular complexity index is 1270. The molecule has 1 aromatic carbocycles. The van der Waals surface area contributed by atoms with Crippen LogP contribution in [0.25, 0.3) is 15.7 Å². The number of aryl methyl sites for hydroxylation is 1. The summed E-state index contributed by atoms with van der Waals surface area (Å²) in [5.74, 6) is 0.862. The zero-order valence-electron chi connectivity index (χ0n) is 17.0. The molecule has 3 aromatic heterocycles. The van der Waals surface area contributed by atoms with Gasteiger partial charge in [-0.1, -0.05) is 0 Å². The topological polar surface area (TPSA) is 90.1 Å². The van der Waals surface area contributed by atoms with Gasteiger partial charge in [-0.2, -0.15) is 10.4 Å². The van der Waals surface area contributed by atoms with Crippen molar-refractivity contribution in [2.24, 2.45) is 0 Å². The Kier molecular flexibility index (Phi) is 4.77. The van der Waals surface area contributed by atoms with Gasteiger partial charge in [0, 0.05) is 23.8 Å². The van der Waals surface area contributed by atoms with Crippen LogP contribution in [0.15, 0.2) is 30.5 Å². The number of nitriles is 1. The summed E-state index contributed by atoms with van der Waals surface area (Å²) in [5.41, 5.74) is 5.28. The van der Waals surface area contributed by atoms with Gasteiger partial charge in [-0.15, -0.1) is 11.3 Å². The highest BCUT2D eigenvalue weighted by molar-refractivity contribution is 7.18. The van der Waals surface area contributed by atoms with Crippen LogP contribution in [0, 0.1) is 25.2 Å². The highest BCUT2D eigenvalue weighted by Crippen LogP contribution is 2.34. The SMILES string of the molecule is Cc1nc2ccc(Nc3c(C)c(N[C@H]4CCCNC4)c(C#N)c4ccnn34)cc2s1. The summed E-state index contributed by atoms with van der Waals surface area (Å²) >= 11 is 1.68. The predicted molar refractivity (Wildman–Crippen MR) is 122 cm³/mol. The first-order valence-corrected chi connectivity index (χ1v) is 11.0. The van der Waals surface area contributed by atoms with E-state index in [4.69, 9.17) is 0 Å². The lowest BCUT2D eigenvalue weighted by molar-refractivity contribution is 0.479. The molecule has 0 amide bonds. The van der Waals surface area contributed by atoms with E-state index in [0.717, 1.165) is 69.4 Å². The second kappa shape index (κ2) is 7.59. The summed E-state index contributed by atoms with van der Waals surface area (Å²) in [6.07, 6.45) is 3.96. The third-order valence-electron chi connectivity index (χ3n) is 5.61. The Hall–Kier alpha value is -3.15. The average Bonchev–Trinajstić information content (AvgIpc) is 3.37. The Morgan fingerprint density at radius 1 is 1.30 bits per heavy atom. The normalized spacial score (nSPS) is 16.6. The molecule has 4 aromatic rings. The van der Waals surface area contributed by atoms with E-state index in [1.165, 1.54) is 0 Å². The lowest BCUT2D eigenvalue weighted by Crippen LogP contribution is -2.38. The van der Waals surface area contributed by atoms with Crippen LogP contribution in [0.2, 0.25) is 0 Å². The van der Waals surface area contributed by atoms with Gasteiger partial charge in [0.05, 0.1) is 32.6 Å². The molecule has 152 valence electrons. The van der Waals surface area contributed by atoms with Gasteiger partial charge in [0.15, 0.2) is 0 Å². The highest BCUT2D eigenvalue weighted by atomic mass is 32.1. The third kappa shape index (κ3) is 3.26. The number of rotatable bonds is 4. The van der Waals surface area contributed by atoms with Gasteiger partial charge in [-0.3, -0.25) is 0 Å². The standard InChI is InChI=1S/C22H23N7S/c1-13-21(27-16-4-3-8-24-12-16)17(11-23)19-7-9-25-29(19)22(13)28-15-5-6-18-20(10-15)30-14(2)26-18/h5-7,9-10,16,24,27-28H,3-4,8,12H2,1-2H3/t16-/m0/s1. The van der Waals surface area contributed by atoms with Gasteiger partial charge in [0.1, 0.15) is 17.5 Å². The Labute approximate surface area is 178 Å². The van der Waals surface area contributed by atoms with Crippen LogP contribution in [-0.2, 0) is 0 Å². The molecule has 1 aliphatic rings. The summed E-state index contributed by atoms with van der Waals surface area (Å²) < 4.78 is 2.97. The van der Waals surface area contributed by atoms with Crippen molar-refractivity contribution in [3.8, 4) is 6.07 Å². The summed E-state index contributed by atoms with van der Waals surface area (Å²) in [6.45, 7) is 6.02. The number of nitrogens with zero attached hydrogens (tertiary/aromatic N) is 4. The molecule has 1 aliphatic heterocycles. The van der Waals surface area contributed by atoms with Gasteiger partial charge >= 0.3 is 0 Å². The molecular weight excluding hydrogens is 394 g/mol. The number of pyridine rings is 1. The molecule has 1 atom stereocenters. The quantitative estimate of drug-likeness (QED) is 0.458. The van der Waals surface area contributed by atoms with Crippen LogP contribution in [0.1, 0.15) is 29.0 Å². The van der Waals surface area contributed by atoms with E-state index in [0.29, 0.717) is 11.6 Å². The number of fused-ring (bicyclic) bond motifs is 2. The van der Waals surface area contributed by atoms with Gasteiger partial charge in [-0.05, 0) is 57.5 Å². The molecule has 7 nitrogen and oxygen atoms in total. The first-order chi connectivity index (χ1) is 14.6. The fraction of sp³-hybridized carbons (Fsp3) is 0.318. The number of thiazole rings is 1. The van der Waals surface area contributed by atoms with Crippen LogP contribution >= 0.6 is 11.3 Å². The number of anilines is 3. The van der Waals surface area contributed by atoms with Crippen LogP contribution in [0.5, 0.6) is 0 Å². The van der Waals surface area contributed by atoms with E-state index in [-0.39, 0.29) is 0 Å².